The molecule has 0 bridgehead atoms. The standard InChI is InChI=1S/C54H58O11/c55-31-45-47(57-32-39-19-7-1-8-20-39)50(60-35-42-25-13-4-14-26-42)52(62-37-44-29-17-6-18-30-44)54(65-45)63-38-46-48(58-33-40-21-9-2-10-22-40)49(59-34-41-23-11-3-12-24-41)51(53(56)64-46)61-36-43-27-15-5-16-28-43/h1-30,45-56H,31-38H2/t45-,46-,47-,48-,49+,50+,51-,52-,53?,54+/m1/s1. The number of aliphatic hydroxyl groups excluding tert-OH is 2. The lowest BCUT2D eigenvalue weighted by atomic mass is 9.97. The number of hydrogen-bond acceptors (Lipinski definition) is 11. The van der Waals surface area contributed by atoms with E-state index in [0.29, 0.717) is 0 Å². The molecule has 0 aromatic heterocycles. The van der Waals surface area contributed by atoms with Crippen molar-refractivity contribution in [3.8, 4) is 0 Å². The van der Waals surface area contributed by atoms with Gasteiger partial charge in [-0.1, -0.05) is 182 Å². The Kier molecular flexibility index (Phi) is 17.4. The van der Waals surface area contributed by atoms with Gasteiger partial charge in [0.25, 0.3) is 0 Å². The lowest BCUT2D eigenvalue weighted by molar-refractivity contribution is -0.348. The van der Waals surface area contributed by atoms with Crippen molar-refractivity contribution >= 4 is 0 Å². The van der Waals surface area contributed by atoms with E-state index < -0.39 is 61.4 Å². The van der Waals surface area contributed by atoms with Crippen LogP contribution in [-0.4, -0.2) is 84.8 Å². The summed E-state index contributed by atoms with van der Waals surface area (Å²) in [5.41, 5.74) is 5.66. The lowest BCUT2D eigenvalue weighted by Gasteiger charge is -2.47. The molecule has 0 amide bonds. The van der Waals surface area contributed by atoms with Gasteiger partial charge < -0.3 is 52.8 Å². The third-order valence-corrected chi connectivity index (χ3v) is 11.5. The maximum atomic E-state index is 11.8. The van der Waals surface area contributed by atoms with Crippen molar-refractivity contribution in [1.82, 2.24) is 0 Å². The fourth-order valence-electron chi connectivity index (χ4n) is 8.11. The van der Waals surface area contributed by atoms with Crippen LogP contribution in [0.2, 0.25) is 0 Å². The van der Waals surface area contributed by atoms with Gasteiger partial charge in [0.2, 0.25) is 0 Å². The number of rotatable bonds is 22. The molecule has 2 heterocycles. The van der Waals surface area contributed by atoms with Crippen LogP contribution in [0.4, 0.5) is 0 Å². The Hall–Kier alpha value is -5.12. The monoisotopic (exact) mass is 882 g/mol. The molecular formula is C54H58O11. The van der Waals surface area contributed by atoms with Crippen molar-refractivity contribution in [3.63, 3.8) is 0 Å². The van der Waals surface area contributed by atoms with E-state index in [4.69, 9.17) is 42.6 Å². The maximum Gasteiger partial charge on any atom is 0.187 e. The van der Waals surface area contributed by atoms with Crippen LogP contribution in [0.15, 0.2) is 182 Å². The summed E-state index contributed by atoms with van der Waals surface area (Å²) in [7, 11) is 0. The van der Waals surface area contributed by atoms with Crippen molar-refractivity contribution in [3.05, 3.63) is 215 Å². The van der Waals surface area contributed by atoms with Gasteiger partial charge in [0.05, 0.1) is 52.9 Å². The predicted molar refractivity (Wildman–Crippen MR) is 243 cm³/mol. The van der Waals surface area contributed by atoms with E-state index in [1.165, 1.54) is 0 Å². The van der Waals surface area contributed by atoms with E-state index in [1.54, 1.807) is 0 Å². The zero-order valence-corrected chi connectivity index (χ0v) is 36.3. The highest BCUT2D eigenvalue weighted by atomic mass is 16.7. The SMILES string of the molecule is OC[C@H]1O[C@H](OC[C@H]2OC(O)[C@H](OCc3ccccc3)[C@@H](OCc3ccccc3)[C@@H]2OCc2ccccc2)[C@H](OCc2ccccc2)[C@@H](OCc2ccccc2)[C@@H]1OCc1ccccc1. The van der Waals surface area contributed by atoms with Crippen molar-refractivity contribution in [1.29, 1.82) is 0 Å². The topological polar surface area (TPSA) is 124 Å². The van der Waals surface area contributed by atoms with Crippen molar-refractivity contribution in [2.24, 2.45) is 0 Å². The molecule has 340 valence electrons. The summed E-state index contributed by atoms with van der Waals surface area (Å²) in [6.45, 7) is 0.863. The first-order valence-corrected chi connectivity index (χ1v) is 22.3. The van der Waals surface area contributed by atoms with E-state index in [-0.39, 0.29) is 52.9 Å². The van der Waals surface area contributed by atoms with E-state index in [2.05, 4.69) is 0 Å². The molecule has 11 heteroatoms. The quantitative estimate of drug-likeness (QED) is 0.0691. The zero-order chi connectivity index (χ0) is 44.5. The minimum atomic E-state index is -1.41. The third kappa shape index (κ3) is 13.3. The summed E-state index contributed by atoms with van der Waals surface area (Å²) >= 11 is 0. The second-order valence-electron chi connectivity index (χ2n) is 16.2. The molecule has 11 nitrogen and oxygen atoms in total. The molecule has 2 fully saturated rings. The van der Waals surface area contributed by atoms with Crippen molar-refractivity contribution < 1.29 is 52.8 Å². The second-order valence-corrected chi connectivity index (χ2v) is 16.2. The summed E-state index contributed by atoms with van der Waals surface area (Å²) in [6, 6.07) is 58.9. The van der Waals surface area contributed by atoms with Gasteiger partial charge in [0.15, 0.2) is 12.6 Å². The van der Waals surface area contributed by atoms with Crippen LogP contribution in [0.5, 0.6) is 0 Å². The molecule has 0 spiro atoms. The molecule has 0 radical (unpaired) electrons. The molecular weight excluding hydrogens is 825 g/mol. The van der Waals surface area contributed by atoms with Crippen LogP contribution in [0.25, 0.3) is 0 Å². The van der Waals surface area contributed by atoms with E-state index in [0.717, 1.165) is 33.4 Å². The minimum absolute atomic E-state index is 0.123. The van der Waals surface area contributed by atoms with Crippen molar-refractivity contribution in [2.75, 3.05) is 13.2 Å². The van der Waals surface area contributed by atoms with Crippen LogP contribution in [-0.2, 0) is 82.3 Å². The molecule has 2 aliphatic rings. The Morgan fingerprint density at radius 1 is 0.323 bits per heavy atom. The van der Waals surface area contributed by atoms with Crippen LogP contribution in [0.3, 0.4) is 0 Å². The fourth-order valence-corrected chi connectivity index (χ4v) is 8.11. The normalized spacial score (nSPS) is 25.6. The van der Waals surface area contributed by atoms with Gasteiger partial charge in [-0.3, -0.25) is 0 Å². The van der Waals surface area contributed by atoms with E-state index in [1.807, 2.05) is 182 Å². The van der Waals surface area contributed by atoms with Crippen LogP contribution in [0.1, 0.15) is 33.4 Å². The Bertz CT molecular complexity index is 2210. The van der Waals surface area contributed by atoms with Gasteiger partial charge >= 0.3 is 0 Å². The highest BCUT2D eigenvalue weighted by Gasteiger charge is 2.51. The molecule has 1 unspecified atom stereocenters. The minimum Gasteiger partial charge on any atom is -0.394 e. The first-order valence-electron chi connectivity index (χ1n) is 22.3. The van der Waals surface area contributed by atoms with Crippen LogP contribution in [0, 0.1) is 0 Å². The average molecular weight is 883 g/mol. The summed E-state index contributed by atoms with van der Waals surface area (Å²) < 4.78 is 59.8. The fraction of sp³-hybridized carbons (Fsp3) is 0.333. The Morgan fingerprint density at radius 3 is 0.969 bits per heavy atom. The smallest absolute Gasteiger partial charge is 0.187 e. The molecule has 8 rings (SSSR count). The largest absolute Gasteiger partial charge is 0.394 e. The first-order chi connectivity index (χ1) is 32.1. The maximum absolute atomic E-state index is 11.8. The summed E-state index contributed by atoms with van der Waals surface area (Å²) in [5.74, 6) is 0. The predicted octanol–water partition coefficient (Wildman–Crippen LogP) is 7.95. The summed E-state index contributed by atoms with van der Waals surface area (Å²) in [6.07, 6.45) is -9.14. The summed E-state index contributed by atoms with van der Waals surface area (Å²) in [5, 5.41) is 22.7. The average Bonchev–Trinajstić information content (AvgIpc) is 3.36. The number of benzene rings is 6. The molecule has 0 aliphatic carbocycles. The first kappa shape index (κ1) is 46.4. The van der Waals surface area contributed by atoms with Gasteiger partial charge in [-0.25, -0.2) is 0 Å². The number of aliphatic hydroxyl groups is 2. The highest BCUT2D eigenvalue weighted by Crippen LogP contribution is 2.34. The number of hydrogen-bond donors (Lipinski definition) is 2. The van der Waals surface area contributed by atoms with E-state index in [9.17, 15) is 10.2 Å². The van der Waals surface area contributed by atoms with Crippen molar-refractivity contribution in [2.45, 2.75) is 101 Å². The Balaban J connectivity index is 1.09. The molecule has 0 saturated carbocycles. The van der Waals surface area contributed by atoms with Crippen LogP contribution < -0.4 is 0 Å². The van der Waals surface area contributed by atoms with Gasteiger partial charge in [0, 0.05) is 0 Å². The Labute approximate surface area is 381 Å². The molecule has 10 atom stereocenters. The molecule has 2 N–H and O–H groups in total. The Morgan fingerprint density at radius 2 is 0.615 bits per heavy atom. The summed E-state index contributed by atoms with van der Waals surface area (Å²) in [4.78, 5) is 0. The molecule has 2 aliphatic heterocycles. The molecule has 65 heavy (non-hydrogen) atoms. The van der Waals surface area contributed by atoms with Gasteiger partial charge in [0.1, 0.15) is 48.8 Å². The molecule has 6 aromatic carbocycles. The molecule has 2 saturated heterocycles. The number of ether oxygens (including phenoxy) is 9. The van der Waals surface area contributed by atoms with Gasteiger partial charge in [-0.2, -0.15) is 0 Å². The van der Waals surface area contributed by atoms with Gasteiger partial charge in [-0.15, -0.1) is 0 Å². The van der Waals surface area contributed by atoms with E-state index >= 15 is 0 Å². The zero-order valence-electron chi connectivity index (χ0n) is 36.3. The van der Waals surface area contributed by atoms with Gasteiger partial charge in [-0.05, 0) is 33.4 Å². The highest BCUT2D eigenvalue weighted by molar-refractivity contribution is 5.18. The molecule has 6 aromatic rings. The third-order valence-electron chi connectivity index (χ3n) is 11.5. The second kappa shape index (κ2) is 24.4. The lowest BCUT2D eigenvalue weighted by Crippen LogP contribution is -2.63. The van der Waals surface area contributed by atoms with Crippen LogP contribution >= 0.6 is 0 Å².